The summed E-state index contributed by atoms with van der Waals surface area (Å²) >= 11 is 0. The molecule has 12 heavy (non-hydrogen) atoms. The topological polar surface area (TPSA) is 40.5 Å². The van der Waals surface area contributed by atoms with Crippen LogP contribution in [0.1, 0.15) is 38.5 Å². The molecule has 0 bridgehead atoms. The first-order valence-corrected chi connectivity index (χ1v) is 4.97. The molecule has 2 saturated carbocycles. The Morgan fingerprint density at radius 1 is 1.08 bits per heavy atom. The number of hydrogen-bond acceptors (Lipinski definition) is 2. The Balaban J connectivity index is 1.87. The molecule has 2 aliphatic rings. The summed E-state index contributed by atoms with van der Waals surface area (Å²) in [6, 6.07) is 0. The largest absolute Gasteiger partial charge is 0.393 e. The zero-order valence-corrected chi connectivity index (χ0v) is 7.37. The lowest BCUT2D eigenvalue weighted by Gasteiger charge is -2.39. The predicted octanol–water partition coefficient (Wildman–Crippen LogP) is 1.85. The Bertz CT molecular complexity index is 144. The zero-order chi connectivity index (χ0) is 8.55. The molecule has 0 amide bonds. The molecule has 2 N–H and O–H groups in total. The maximum absolute atomic E-state index is 9.44. The van der Waals surface area contributed by atoms with E-state index in [4.69, 9.17) is 0 Å². The van der Waals surface area contributed by atoms with E-state index in [0.717, 1.165) is 18.8 Å². The summed E-state index contributed by atoms with van der Waals surface area (Å²) in [5, 5.41) is 18.8. The van der Waals surface area contributed by atoms with E-state index in [1.165, 1.54) is 19.3 Å². The lowest BCUT2D eigenvalue weighted by molar-refractivity contribution is 0.0323. The quantitative estimate of drug-likeness (QED) is 0.629. The molecule has 2 nitrogen and oxygen atoms in total. The van der Waals surface area contributed by atoms with E-state index in [0.29, 0.717) is 18.4 Å². The van der Waals surface area contributed by atoms with Crippen LogP contribution in [-0.4, -0.2) is 16.3 Å². The summed E-state index contributed by atoms with van der Waals surface area (Å²) in [5.41, 5.74) is 0. The van der Waals surface area contributed by atoms with E-state index in [9.17, 15) is 10.2 Å². The molecule has 2 fully saturated rings. The van der Waals surface area contributed by atoms with Gasteiger partial charge in [-0.2, -0.15) is 0 Å². The standard InChI is InChI=1S/C10H17O2/c11-9-4-8(5-10(12)6-9)7-2-1-3-7/h7-9,11-12H,1-6H2. The first-order valence-electron chi connectivity index (χ1n) is 4.97. The van der Waals surface area contributed by atoms with Gasteiger partial charge in [0.1, 0.15) is 0 Å². The maximum Gasteiger partial charge on any atom is 0.0961 e. The van der Waals surface area contributed by atoms with E-state index in [1.807, 2.05) is 0 Å². The molecular weight excluding hydrogens is 152 g/mol. The van der Waals surface area contributed by atoms with Crippen molar-refractivity contribution in [2.24, 2.45) is 11.8 Å². The summed E-state index contributed by atoms with van der Waals surface area (Å²) in [6.45, 7) is 0. The highest BCUT2D eigenvalue weighted by atomic mass is 16.3. The van der Waals surface area contributed by atoms with Gasteiger partial charge < -0.3 is 10.2 Å². The summed E-state index contributed by atoms with van der Waals surface area (Å²) in [7, 11) is 0. The second-order valence-corrected chi connectivity index (χ2v) is 4.32. The van der Waals surface area contributed by atoms with Gasteiger partial charge in [-0.05, 0) is 24.7 Å². The normalized spacial score (nSPS) is 39.5. The SMILES string of the molecule is O[C]1CC(O)CC(C2CCC2)C1. The van der Waals surface area contributed by atoms with Crippen molar-refractivity contribution in [1.29, 1.82) is 0 Å². The monoisotopic (exact) mass is 169 g/mol. The second-order valence-electron chi connectivity index (χ2n) is 4.32. The summed E-state index contributed by atoms with van der Waals surface area (Å²) in [5.74, 6) is 1.37. The van der Waals surface area contributed by atoms with Crippen molar-refractivity contribution in [2.45, 2.75) is 44.6 Å². The molecule has 69 valence electrons. The highest BCUT2D eigenvalue weighted by Gasteiger charge is 2.34. The molecule has 0 aromatic carbocycles. The van der Waals surface area contributed by atoms with Crippen molar-refractivity contribution < 1.29 is 10.2 Å². The number of aliphatic hydroxyl groups is 2. The molecule has 0 spiro atoms. The second kappa shape index (κ2) is 3.35. The lowest BCUT2D eigenvalue weighted by Crippen LogP contribution is -2.32. The van der Waals surface area contributed by atoms with Crippen LogP contribution in [0.5, 0.6) is 0 Å². The number of rotatable bonds is 1. The molecule has 2 rings (SSSR count). The molecule has 0 aromatic heterocycles. The molecule has 0 heterocycles. The Labute approximate surface area is 73.6 Å². The fourth-order valence-electron chi connectivity index (χ4n) is 2.44. The Morgan fingerprint density at radius 2 is 1.83 bits per heavy atom. The van der Waals surface area contributed by atoms with Gasteiger partial charge >= 0.3 is 0 Å². The van der Waals surface area contributed by atoms with Gasteiger partial charge in [-0.25, -0.2) is 0 Å². The van der Waals surface area contributed by atoms with Crippen LogP contribution >= 0.6 is 0 Å². The highest BCUT2D eigenvalue weighted by molar-refractivity contribution is 4.93. The first kappa shape index (κ1) is 8.52. The van der Waals surface area contributed by atoms with Crippen molar-refractivity contribution in [2.75, 3.05) is 0 Å². The number of hydrogen-bond donors (Lipinski definition) is 2. The molecule has 0 aliphatic heterocycles. The lowest BCUT2D eigenvalue weighted by atomic mass is 9.69. The predicted molar refractivity (Wildman–Crippen MR) is 45.9 cm³/mol. The number of aliphatic hydroxyl groups excluding tert-OH is 2. The van der Waals surface area contributed by atoms with Crippen molar-refractivity contribution in [3.8, 4) is 0 Å². The molecule has 2 heteroatoms. The third-order valence-corrected chi connectivity index (χ3v) is 3.36. The molecular formula is C10H17O2. The van der Waals surface area contributed by atoms with Gasteiger partial charge in [-0.3, -0.25) is 0 Å². The third-order valence-electron chi connectivity index (χ3n) is 3.36. The van der Waals surface area contributed by atoms with E-state index in [-0.39, 0.29) is 6.10 Å². The van der Waals surface area contributed by atoms with Crippen molar-refractivity contribution >= 4 is 0 Å². The van der Waals surface area contributed by atoms with Crippen molar-refractivity contribution in [3.63, 3.8) is 0 Å². The minimum atomic E-state index is -0.274. The first-order chi connectivity index (χ1) is 5.75. The Hall–Kier alpha value is -0.0800. The van der Waals surface area contributed by atoms with Crippen LogP contribution in [0.15, 0.2) is 0 Å². The highest BCUT2D eigenvalue weighted by Crippen LogP contribution is 2.42. The van der Waals surface area contributed by atoms with Gasteiger partial charge in [-0.15, -0.1) is 0 Å². The summed E-state index contributed by atoms with van der Waals surface area (Å²) < 4.78 is 0. The van der Waals surface area contributed by atoms with Crippen LogP contribution in [0, 0.1) is 17.9 Å². The van der Waals surface area contributed by atoms with E-state index >= 15 is 0 Å². The summed E-state index contributed by atoms with van der Waals surface area (Å²) in [6.07, 6.45) is 6.49. The maximum atomic E-state index is 9.44. The Morgan fingerprint density at radius 3 is 2.33 bits per heavy atom. The van der Waals surface area contributed by atoms with Gasteiger partial charge in [-0.1, -0.05) is 19.3 Å². The van der Waals surface area contributed by atoms with Gasteiger partial charge in [0, 0.05) is 6.42 Å². The van der Waals surface area contributed by atoms with Crippen molar-refractivity contribution in [1.82, 2.24) is 0 Å². The molecule has 0 aromatic rings. The fourth-order valence-corrected chi connectivity index (χ4v) is 2.44. The molecule has 1 radical (unpaired) electrons. The summed E-state index contributed by atoms with van der Waals surface area (Å²) in [4.78, 5) is 0. The van der Waals surface area contributed by atoms with Crippen LogP contribution in [0.25, 0.3) is 0 Å². The molecule has 2 atom stereocenters. The minimum Gasteiger partial charge on any atom is -0.393 e. The van der Waals surface area contributed by atoms with E-state index in [2.05, 4.69) is 0 Å². The molecule has 0 saturated heterocycles. The van der Waals surface area contributed by atoms with Gasteiger partial charge in [0.05, 0.1) is 12.2 Å². The smallest absolute Gasteiger partial charge is 0.0961 e. The van der Waals surface area contributed by atoms with E-state index in [1.54, 1.807) is 0 Å². The van der Waals surface area contributed by atoms with Crippen LogP contribution in [0.4, 0.5) is 0 Å². The van der Waals surface area contributed by atoms with Gasteiger partial charge in [0.25, 0.3) is 0 Å². The Kier molecular flexibility index (Phi) is 2.37. The van der Waals surface area contributed by atoms with Gasteiger partial charge in [0.2, 0.25) is 0 Å². The van der Waals surface area contributed by atoms with Crippen LogP contribution in [-0.2, 0) is 0 Å². The van der Waals surface area contributed by atoms with E-state index < -0.39 is 0 Å². The molecule has 2 unspecified atom stereocenters. The average Bonchev–Trinajstić information content (AvgIpc) is 1.79. The minimum absolute atomic E-state index is 0.274. The third kappa shape index (κ3) is 1.64. The van der Waals surface area contributed by atoms with Crippen LogP contribution in [0.2, 0.25) is 0 Å². The average molecular weight is 169 g/mol. The van der Waals surface area contributed by atoms with Crippen molar-refractivity contribution in [3.05, 3.63) is 6.10 Å². The van der Waals surface area contributed by atoms with Crippen LogP contribution in [0.3, 0.4) is 0 Å². The van der Waals surface area contributed by atoms with Crippen LogP contribution < -0.4 is 0 Å². The molecule has 2 aliphatic carbocycles. The fraction of sp³-hybridized carbons (Fsp3) is 0.900. The van der Waals surface area contributed by atoms with Gasteiger partial charge in [0.15, 0.2) is 0 Å². The zero-order valence-electron chi connectivity index (χ0n) is 7.37.